The Balaban J connectivity index is 2.30. The van der Waals surface area contributed by atoms with Crippen LogP contribution in [0.1, 0.15) is 11.3 Å². The zero-order valence-corrected chi connectivity index (χ0v) is 9.21. The van der Waals surface area contributed by atoms with Crippen molar-refractivity contribution in [1.82, 2.24) is 4.98 Å². The molecule has 0 amide bonds. The Kier molecular flexibility index (Phi) is 3.06. The van der Waals surface area contributed by atoms with E-state index in [2.05, 4.69) is 4.98 Å². The SMILES string of the molecule is Nc1cc(Cl)cc(Cc2ccccc2F)n1. The van der Waals surface area contributed by atoms with Gasteiger partial charge in [-0.2, -0.15) is 0 Å². The second-order valence-electron chi connectivity index (χ2n) is 3.47. The number of nitrogens with zero attached hydrogens (tertiary/aromatic N) is 1. The van der Waals surface area contributed by atoms with E-state index >= 15 is 0 Å². The van der Waals surface area contributed by atoms with Crippen molar-refractivity contribution in [3.63, 3.8) is 0 Å². The van der Waals surface area contributed by atoms with Crippen molar-refractivity contribution in [3.05, 3.63) is 58.5 Å². The minimum absolute atomic E-state index is 0.247. The second-order valence-corrected chi connectivity index (χ2v) is 3.91. The third kappa shape index (κ3) is 2.49. The van der Waals surface area contributed by atoms with Crippen LogP contribution in [0.3, 0.4) is 0 Å². The first kappa shape index (κ1) is 10.9. The van der Waals surface area contributed by atoms with E-state index in [1.165, 1.54) is 6.07 Å². The fraction of sp³-hybridized carbons (Fsp3) is 0.0833. The number of pyridine rings is 1. The molecule has 0 aliphatic heterocycles. The van der Waals surface area contributed by atoms with E-state index < -0.39 is 0 Å². The molecule has 0 unspecified atom stereocenters. The maximum atomic E-state index is 13.4. The number of rotatable bonds is 2. The number of hydrogen-bond acceptors (Lipinski definition) is 2. The van der Waals surface area contributed by atoms with Crippen LogP contribution in [0.15, 0.2) is 36.4 Å². The van der Waals surface area contributed by atoms with Gasteiger partial charge in [-0.05, 0) is 23.8 Å². The van der Waals surface area contributed by atoms with Gasteiger partial charge in [0.2, 0.25) is 0 Å². The Labute approximate surface area is 97.9 Å². The van der Waals surface area contributed by atoms with E-state index in [9.17, 15) is 4.39 Å². The molecule has 1 heterocycles. The summed E-state index contributed by atoms with van der Waals surface area (Å²) >= 11 is 5.84. The van der Waals surface area contributed by atoms with Gasteiger partial charge in [0.15, 0.2) is 0 Å². The third-order valence-electron chi connectivity index (χ3n) is 2.19. The van der Waals surface area contributed by atoms with Gasteiger partial charge in [0.05, 0.1) is 0 Å². The number of hydrogen-bond donors (Lipinski definition) is 1. The predicted molar refractivity (Wildman–Crippen MR) is 62.9 cm³/mol. The number of aromatic nitrogens is 1. The molecule has 1 aromatic heterocycles. The summed E-state index contributed by atoms with van der Waals surface area (Å²) in [7, 11) is 0. The third-order valence-corrected chi connectivity index (χ3v) is 2.41. The minimum Gasteiger partial charge on any atom is -0.384 e. The van der Waals surface area contributed by atoms with Gasteiger partial charge in [0.1, 0.15) is 11.6 Å². The summed E-state index contributed by atoms with van der Waals surface area (Å²) in [4.78, 5) is 4.10. The smallest absolute Gasteiger partial charge is 0.126 e. The van der Waals surface area contributed by atoms with Crippen LogP contribution in [0.2, 0.25) is 5.02 Å². The zero-order chi connectivity index (χ0) is 11.5. The molecule has 0 saturated carbocycles. The van der Waals surface area contributed by atoms with Crippen LogP contribution in [0.4, 0.5) is 10.2 Å². The molecule has 82 valence electrons. The van der Waals surface area contributed by atoms with E-state index in [0.717, 1.165) is 0 Å². The predicted octanol–water partition coefficient (Wildman–Crippen LogP) is 3.05. The van der Waals surface area contributed by atoms with E-state index in [4.69, 9.17) is 17.3 Å². The Hall–Kier alpha value is -1.61. The fourth-order valence-corrected chi connectivity index (χ4v) is 1.74. The van der Waals surface area contributed by atoms with Crippen LogP contribution < -0.4 is 5.73 Å². The lowest BCUT2D eigenvalue weighted by atomic mass is 10.1. The van der Waals surface area contributed by atoms with E-state index in [1.807, 2.05) is 0 Å². The minimum atomic E-state index is -0.247. The van der Waals surface area contributed by atoms with Crippen LogP contribution in [0, 0.1) is 5.82 Å². The molecule has 2 aromatic rings. The molecule has 2 rings (SSSR count). The lowest BCUT2D eigenvalue weighted by Gasteiger charge is -2.04. The number of anilines is 1. The van der Waals surface area contributed by atoms with Gasteiger partial charge in [-0.3, -0.25) is 0 Å². The number of halogens is 2. The first-order valence-electron chi connectivity index (χ1n) is 4.80. The molecule has 1 aromatic carbocycles. The molecule has 4 heteroatoms. The monoisotopic (exact) mass is 236 g/mol. The quantitative estimate of drug-likeness (QED) is 0.871. The molecular weight excluding hydrogens is 227 g/mol. The average Bonchev–Trinajstić information content (AvgIpc) is 2.20. The highest BCUT2D eigenvalue weighted by Crippen LogP contribution is 2.17. The van der Waals surface area contributed by atoms with Gasteiger partial charge in [-0.1, -0.05) is 29.8 Å². The van der Waals surface area contributed by atoms with E-state index in [0.29, 0.717) is 28.5 Å². The summed E-state index contributed by atoms with van der Waals surface area (Å²) in [6.07, 6.45) is 0.386. The number of nitrogens with two attached hydrogens (primary N) is 1. The van der Waals surface area contributed by atoms with Gasteiger partial charge >= 0.3 is 0 Å². The summed E-state index contributed by atoms with van der Waals surface area (Å²) in [6.45, 7) is 0. The molecule has 0 atom stereocenters. The van der Waals surface area contributed by atoms with Crippen molar-refractivity contribution >= 4 is 17.4 Å². The van der Waals surface area contributed by atoms with Crippen molar-refractivity contribution in [2.24, 2.45) is 0 Å². The summed E-state index contributed by atoms with van der Waals surface area (Å²) in [6, 6.07) is 9.82. The van der Waals surface area contributed by atoms with Crippen LogP contribution in [-0.2, 0) is 6.42 Å². The van der Waals surface area contributed by atoms with Gasteiger partial charge in [0.25, 0.3) is 0 Å². The zero-order valence-electron chi connectivity index (χ0n) is 8.45. The molecule has 16 heavy (non-hydrogen) atoms. The van der Waals surface area contributed by atoms with E-state index in [-0.39, 0.29) is 5.82 Å². The molecule has 2 N–H and O–H groups in total. The van der Waals surface area contributed by atoms with Gasteiger partial charge in [-0.15, -0.1) is 0 Å². The summed E-state index contributed by atoms with van der Waals surface area (Å²) in [5.41, 5.74) is 6.80. The molecular formula is C12H10ClFN2. The van der Waals surface area contributed by atoms with Crippen LogP contribution in [0.5, 0.6) is 0 Å². The lowest BCUT2D eigenvalue weighted by Crippen LogP contribution is -1.98. The largest absolute Gasteiger partial charge is 0.384 e. The fourth-order valence-electron chi connectivity index (χ4n) is 1.50. The summed E-state index contributed by atoms with van der Waals surface area (Å²) in [5.74, 6) is 0.0988. The standard InChI is InChI=1S/C12H10ClFN2/c13-9-6-10(16-12(15)7-9)5-8-3-1-2-4-11(8)14/h1-4,6-7H,5H2,(H2,15,16). The van der Waals surface area contributed by atoms with Gasteiger partial charge in [-0.25, -0.2) is 9.37 Å². The first-order chi connectivity index (χ1) is 7.65. The van der Waals surface area contributed by atoms with Crippen LogP contribution >= 0.6 is 11.6 Å². The molecule has 0 spiro atoms. The van der Waals surface area contributed by atoms with Crippen molar-refractivity contribution in [3.8, 4) is 0 Å². The Morgan fingerprint density at radius 3 is 2.69 bits per heavy atom. The molecule has 0 aliphatic carbocycles. The van der Waals surface area contributed by atoms with Crippen molar-refractivity contribution in [2.75, 3.05) is 5.73 Å². The van der Waals surface area contributed by atoms with Crippen LogP contribution in [0.25, 0.3) is 0 Å². The highest BCUT2D eigenvalue weighted by atomic mass is 35.5. The first-order valence-corrected chi connectivity index (χ1v) is 5.18. The Morgan fingerprint density at radius 1 is 1.25 bits per heavy atom. The average molecular weight is 237 g/mol. The summed E-state index contributed by atoms with van der Waals surface area (Å²) in [5, 5.41) is 0.513. The lowest BCUT2D eigenvalue weighted by molar-refractivity contribution is 0.613. The Bertz CT molecular complexity index is 494. The topological polar surface area (TPSA) is 38.9 Å². The van der Waals surface area contributed by atoms with E-state index in [1.54, 1.807) is 30.3 Å². The highest BCUT2D eigenvalue weighted by molar-refractivity contribution is 6.30. The Morgan fingerprint density at radius 2 is 2.00 bits per heavy atom. The molecule has 0 aliphatic rings. The van der Waals surface area contributed by atoms with Crippen molar-refractivity contribution in [1.29, 1.82) is 0 Å². The molecule has 0 saturated heterocycles. The second kappa shape index (κ2) is 4.49. The van der Waals surface area contributed by atoms with Crippen molar-refractivity contribution in [2.45, 2.75) is 6.42 Å². The maximum absolute atomic E-state index is 13.4. The van der Waals surface area contributed by atoms with Crippen LogP contribution in [-0.4, -0.2) is 4.98 Å². The molecule has 0 bridgehead atoms. The summed E-state index contributed by atoms with van der Waals surface area (Å²) < 4.78 is 13.4. The van der Waals surface area contributed by atoms with Crippen molar-refractivity contribution < 1.29 is 4.39 Å². The number of benzene rings is 1. The molecule has 0 fully saturated rings. The molecule has 2 nitrogen and oxygen atoms in total. The normalized spacial score (nSPS) is 10.4. The molecule has 0 radical (unpaired) electrons. The van der Waals surface area contributed by atoms with Gasteiger partial charge < -0.3 is 5.73 Å². The highest BCUT2D eigenvalue weighted by Gasteiger charge is 2.04. The van der Waals surface area contributed by atoms with Gasteiger partial charge in [0, 0.05) is 17.1 Å². The maximum Gasteiger partial charge on any atom is 0.126 e. The number of nitrogen functional groups attached to an aromatic ring is 1.